The molecule has 4 aromatic rings. The highest BCUT2D eigenvalue weighted by Gasteiger charge is 2.23. The van der Waals surface area contributed by atoms with Gasteiger partial charge in [0.05, 0.1) is 16.9 Å². The minimum Gasteiger partial charge on any atom is -0.353 e. The van der Waals surface area contributed by atoms with Crippen LogP contribution in [0.1, 0.15) is 11.1 Å². The second-order valence-electron chi connectivity index (χ2n) is 8.44. The minimum absolute atomic E-state index is 0.0355. The highest BCUT2D eigenvalue weighted by atomic mass is 32.1. The van der Waals surface area contributed by atoms with Gasteiger partial charge >= 0.3 is 0 Å². The van der Waals surface area contributed by atoms with E-state index in [1.807, 2.05) is 56.3 Å². The van der Waals surface area contributed by atoms with Crippen LogP contribution in [0.15, 0.2) is 60.0 Å². The molecule has 0 atom stereocenters. The number of carbonyl (C=O) groups is 1. The molecule has 7 heteroatoms. The standard InChI is InChI=1S/C26H27N5OS/c1-18-7-5-8-19(2)24(18)28-23(32)17-30-12-14-31(15-13-30)26-20-9-3-4-10-21(20)27-25(29-26)22-11-6-16-33-22/h3-11,16H,12-15,17H2,1-2H3,(H,28,32). The predicted molar refractivity (Wildman–Crippen MR) is 136 cm³/mol. The topological polar surface area (TPSA) is 61.4 Å². The number of nitrogens with zero attached hydrogens (tertiary/aromatic N) is 4. The zero-order chi connectivity index (χ0) is 22.8. The lowest BCUT2D eigenvalue weighted by molar-refractivity contribution is -0.117. The Bertz CT molecular complexity index is 1260. The average molecular weight is 458 g/mol. The number of thiophene rings is 1. The fourth-order valence-electron chi connectivity index (χ4n) is 4.33. The molecule has 1 saturated heterocycles. The largest absolute Gasteiger partial charge is 0.353 e. The fourth-order valence-corrected chi connectivity index (χ4v) is 4.99. The zero-order valence-electron chi connectivity index (χ0n) is 18.9. The first-order valence-corrected chi connectivity index (χ1v) is 12.1. The van der Waals surface area contributed by atoms with Crippen LogP contribution < -0.4 is 10.2 Å². The quantitative estimate of drug-likeness (QED) is 0.469. The number of carbonyl (C=O) groups excluding carboxylic acids is 1. The molecule has 2 aromatic carbocycles. The van der Waals surface area contributed by atoms with Crippen molar-refractivity contribution in [3.8, 4) is 10.7 Å². The van der Waals surface area contributed by atoms with Gasteiger partial charge in [0.15, 0.2) is 5.82 Å². The third-order valence-electron chi connectivity index (χ3n) is 6.11. The van der Waals surface area contributed by atoms with E-state index in [1.165, 1.54) is 0 Å². The molecule has 0 aliphatic carbocycles. The Morgan fingerprint density at radius 1 is 0.939 bits per heavy atom. The number of benzene rings is 2. The number of fused-ring (bicyclic) bond motifs is 1. The van der Waals surface area contributed by atoms with Gasteiger partial charge in [-0.05, 0) is 48.6 Å². The van der Waals surface area contributed by atoms with Gasteiger partial charge in [-0.2, -0.15) is 0 Å². The number of aromatic nitrogens is 2. The third kappa shape index (κ3) is 4.60. The van der Waals surface area contributed by atoms with Crippen LogP contribution in [-0.4, -0.2) is 53.5 Å². The van der Waals surface area contributed by atoms with Crippen LogP contribution in [0.3, 0.4) is 0 Å². The third-order valence-corrected chi connectivity index (χ3v) is 6.98. The van der Waals surface area contributed by atoms with Crippen molar-refractivity contribution >= 4 is 39.7 Å². The molecule has 2 aromatic heterocycles. The van der Waals surface area contributed by atoms with Gasteiger partial charge in [0.1, 0.15) is 5.82 Å². The van der Waals surface area contributed by atoms with E-state index in [2.05, 4.69) is 32.6 Å². The number of hydrogen-bond acceptors (Lipinski definition) is 6. The number of aryl methyl sites for hydroxylation is 2. The summed E-state index contributed by atoms with van der Waals surface area (Å²) >= 11 is 1.65. The molecule has 1 fully saturated rings. The number of para-hydroxylation sites is 2. The lowest BCUT2D eigenvalue weighted by atomic mass is 10.1. The Balaban J connectivity index is 1.29. The summed E-state index contributed by atoms with van der Waals surface area (Å²) in [5.74, 6) is 1.78. The van der Waals surface area contributed by atoms with E-state index in [4.69, 9.17) is 9.97 Å². The molecule has 168 valence electrons. The van der Waals surface area contributed by atoms with Crippen LogP contribution in [0.5, 0.6) is 0 Å². The van der Waals surface area contributed by atoms with E-state index in [0.717, 1.165) is 70.4 Å². The number of hydrogen-bond donors (Lipinski definition) is 1. The maximum Gasteiger partial charge on any atom is 0.238 e. The number of anilines is 2. The van der Waals surface area contributed by atoms with Gasteiger partial charge in [-0.25, -0.2) is 9.97 Å². The van der Waals surface area contributed by atoms with Gasteiger partial charge in [0.2, 0.25) is 5.91 Å². The Morgan fingerprint density at radius 3 is 2.42 bits per heavy atom. The van der Waals surface area contributed by atoms with Crippen LogP contribution in [0.2, 0.25) is 0 Å². The number of nitrogens with one attached hydrogen (secondary N) is 1. The van der Waals surface area contributed by atoms with Crippen LogP contribution in [0.4, 0.5) is 11.5 Å². The molecule has 1 aliphatic rings. The Morgan fingerprint density at radius 2 is 1.70 bits per heavy atom. The van der Waals surface area contributed by atoms with E-state index >= 15 is 0 Å². The average Bonchev–Trinajstić information content (AvgIpc) is 3.37. The monoisotopic (exact) mass is 457 g/mol. The molecular weight excluding hydrogens is 430 g/mol. The van der Waals surface area contributed by atoms with E-state index in [9.17, 15) is 4.79 Å². The predicted octanol–water partition coefficient (Wildman–Crippen LogP) is 4.74. The van der Waals surface area contributed by atoms with Crippen LogP contribution in [0, 0.1) is 13.8 Å². The molecule has 33 heavy (non-hydrogen) atoms. The number of piperazine rings is 1. The van der Waals surface area contributed by atoms with Crippen molar-refractivity contribution in [3.05, 3.63) is 71.1 Å². The van der Waals surface area contributed by atoms with Crippen molar-refractivity contribution in [2.24, 2.45) is 0 Å². The van der Waals surface area contributed by atoms with Crippen LogP contribution >= 0.6 is 11.3 Å². The van der Waals surface area contributed by atoms with Crippen molar-refractivity contribution in [3.63, 3.8) is 0 Å². The summed E-state index contributed by atoms with van der Waals surface area (Å²) in [6.07, 6.45) is 0. The summed E-state index contributed by atoms with van der Waals surface area (Å²) in [6, 6.07) is 18.3. The molecule has 5 rings (SSSR count). The molecule has 1 aliphatic heterocycles. The van der Waals surface area contributed by atoms with E-state index in [-0.39, 0.29) is 5.91 Å². The van der Waals surface area contributed by atoms with Crippen molar-refractivity contribution in [2.45, 2.75) is 13.8 Å². The molecule has 0 bridgehead atoms. The first kappa shape index (κ1) is 21.6. The van der Waals surface area contributed by atoms with Crippen molar-refractivity contribution in [1.29, 1.82) is 0 Å². The molecule has 6 nitrogen and oxygen atoms in total. The highest BCUT2D eigenvalue weighted by Crippen LogP contribution is 2.30. The molecule has 0 spiro atoms. The Hall–Kier alpha value is -3.29. The summed E-state index contributed by atoms with van der Waals surface area (Å²) < 4.78 is 0. The Kier molecular flexibility index (Phi) is 6.07. The lowest BCUT2D eigenvalue weighted by Crippen LogP contribution is -2.49. The lowest BCUT2D eigenvalue weighted by Gasteiger charge is -2.35. The van der Waals surface area contributed by atoms with Crippen molar-refractivity contribution < 1.29 is 4.79 Å². The summed E-state index contributed by atoms with van der Waals surface area (Å²) in [6.45, 7) is 7.71. The summed E-state index contributed by atoms with van der Waals surface area (Å²) in [5, 5.41) is 6.22. The summed E-state index contributed by atoms with van der Waals surface area (Å²) in [7, 11) is 0. The minimum atomic E-state index is 0.0355. The Labute approximate surface area is 197 Å². The summed E-state index contributed by atoms with van der Waals surface area (Å²) in [5.41, 5.74) is 4.06. The number of amides is 1. The molecule has 0 radical (unpaired) electrons. The normalized spacial score (nSPS) is 14.5. The highest BCUT2D eigenvalue weighted by molar-refractivity contribution is 7.13. The van der Waals surface area contributed by atoms with Gasteiger partial charge in [-0.3, -0.25) is 9.69 Å². The maximum absolute atomic E-state index is 12.7. The fraction of sp³-hybridized carbons (Fsp3) is 0.269. The maximum atomic E-state index is 12.7. The molecule has 0 unspecified atom stereocenters. The first-order valence-electron chi connectivity index (χ1n) is 11.2. The molecule has 1 amide bonds. The van der Waals surface area contributed by atoms with Gasteiger partial charge in [-0.15, -0.1) is 11.3 Å². The van der Waals surface area contributed by atoms with Gasteiger partial charge < -0.3 is 10.2 Å². The van der Waals surface area contributed by atoms with Gasteiger partial charge in [-0.1, -0.05) is 36.4 Å². The first-order chi connectivity index (χ1) is 16.1. The van der Waals surface area contributed by atoms with E-state index < -0.39 is 0 Å². The van der Waals surface area contributed by atoms with Gasteiger partial charge in [0.25, 0.3) is 0 Å². The van der Waals surface area contributed by atoms with E-state index in [0.29, 0.717) is 6.54 Å². The molecule has 0 saturated carbocycles. The van der Waals surface area contributed by atoms with Crippen molar-refractivity contribution in [1.82, 2.24) is 14.9 Å². The van der Waals surface area contributed by atoms with Crippen LogP contribution in [0.25, 0.3) is 21.6 Å². The second kappa shape index (κ2) is 9.29. The smallest absolute Gasteiger partial charge is 0.238 e. The SMILES string of the molecule is Cc1cccc(C)c1NC(=O)CN1CCN(c2nc(-c3cccs3)nc3ccccc23)CC1. The molecule has 3 heterocycles. The molecular formula is C26H27N5OS. The molecule has 1 N–H and O–H groups in total. The van der Waals surface area contributed by atoms with E-state index in [1.54, 1.807) is 11.3 Å². The van der Waals surface area contributed by atoms with Crippen molar-refractivity contribution in [2.75, 3.05) is 42.9 Å². The second-order valence-corrected chi connectivity index (χ2v) is 9.39. The zero-order valence-corrected chi connectivity index (χ0v) is 19.7. The van der Waals surface area contributed by atoms with Gasteiger partial charge in [0, 0.05) is 37.3 Å². The summed E-state index contributed by atoms with van der Waals surface area (Å²) in [4.78, 5) is 28.1. The van der Waals surface area contributed by atoms with Crippen LogP contribution in [-0.2, 0) is 4.79 Å². The number of rotatable bonds is 5.